The number of carbonyl (C=O) groups excluding carboxylic acids is 1. The lowest BCUT2D eigenvalue weighted by Crippen LogP contribution is -2.36. The first-order valence-corrected chi connectivity index (χ1v) is 14.0. The first kappa shape index (κ1) is 23.0. The van der Waals surface area contributed by atoms with Gasteiger partial charge in [-0.25, -0.2) is 8.42 Å². The minimum atomic E-state index is -3.57. The molecule has 1 saturated heterocycles. The Morgan fingerprint density at radius 1 is 0.969 bits per heavy atom. The summed E-state index contributed by atoms with van der Waals surface area (Å²) in [7, 11) is -3.57. The molecule has 0 radical (unpaired) electrons. The van der Waals surface area contributed by atoms with Crippen LogP contribution in [0.4, 0.5) is 0 Å². The summed E-state index contributed by atoms with van der Waals surface area (Å²) in [4.78, 5) is 15.4. The third-order valence-corrected chi connectivity index (χ3v) is 9.61. The number of rotatable bonds is 8. The lowest BCUT2D eigenvalue weighted by molar-refractivity contribution is 0.0947. The molecule has 0 unspecified atom stereocenters. The normalized spacial score (nSPS) is 14.9. The minimum absolute atomic E-state index is 0.159. The zero-order valence-electron chi connectivity index (χ0n) is 17.7. The van der Waals surface area contributed by atoms with Crippen LogP contribution in [0.15, 0.2) is 75.8 Å². The highest BCUT2D eigenvalue weighted by Crippen LogP contribution is 2.28. The van der Waals surface area contributed by atoms with Gasteiger partial charge in [0.15, 0.2) is 0 Å². The van der Waals surface area contributed by atoms with E-state index < -0.39 is 10.0 Å². The molecule has 0 aliphatic carbocycles. The van der Waals surface area contributed by atoms with E-state index >= 15 is 0 Å². The molecule has 1 aromatic heterocycles. The van der Waals surface area contributed by atoms with Crippen molar-refractivity contribution in [3.8, 4) is 0 Å². The van der Waals surface area contributed by atoms with Crippen molar-refractivity contribution in [1.29, 1.82) is 0 Å². The molecule has 5 nitrogen and oxygen atoms in total. The average Bonchev–Trinajstić information content (AvgIpc) is 3.36. The van der Waals surface area contributed by atoms with Gasteiger partial charge < -0.3 is 5.32 Å². The Kier molecular flexibility index (Phi) is 7.67. The van der Waals surface area contributed by atoms with E-state index in [-0.39, 0.29) is 17.3 Å². The summed E-state index contributed by atoms with van der Waals surface area (Å²) in [6, 6.07) is 18.6. The summed E-state index contributed by atoms with van der Waals surface area (Å²) in [5.41, 5.74) is 1.21. The number of hydrogen-bond acceptors (Lipinski definition) is 5. The summed E-state index contributed by atoms with van der Waals surface area (Å²) in [6.07, 6.45) is 2.84. The Balaban J connectivity index is 1.47. The van der Waals surface area contributed by atoms with Crippen LogP contribution in [-0.2, 0) is 22.3 Å². The van der Waals surface area contributed by atoms with Crippen LogP contribution in [0.1, 0.15) is 40.1 Å². The van der Waals surface area contributed by atoms with E-state index in [0.29, 0.717) is 24.2 Å². The van der Waals surface area contributed by atoms with Gasteiger partial charge in [0.2, 0.25) is 10.0 Å². The standard InChI is InChI=1S/C24H26N2O3S3/c27-24(21-11-3-4-12-22(21)31-18-20-10-8-16-30-20)25-17-19-9-2-5-13-23(19)32(28,29)26-14-6-1-7-15-26/h2-5,8-13,16H,1,6-7,14-15,17-18H2,(H,25,27). The van der Waals surface area contributed by atoms with Crippen LogP contribution in [0.3, 0.4) is 0 Å². The Morgan fingerprint density at radius 3 is 2.50 bits per heavy atom. The SMILES string of the molecule is O=C(NCc1ccccc1S(=O)(=O)N1CCCCC1)c1ccccc1SCc1cccs1. The van der Waals surface area contributed by atoms with E-state index in [0.717, 1.165) is 29.9 Å². The number of hydrogen-bond donors (Lipinski definition) is 1. The van der Waals surface area contributed by atoms with Crippen molar-refractivity contribution in [3.05, 3.63) is 82.0 Å². The molecule has 32 heavy (non-hydrogen) atoms. The van der Waals surface area contributed by atoms with Crippen molar-refractivity contribution in [2.45, 2.75) is 41.4 Å². The number of thiophene rings is 1. The number of nitrogens with one attached hydrogen (secondary N) is 1. The first-order chi connectivity index (χ1) is 15.6. The molecule has 3 aromatic rings. The molecule has 2 heterocycles. The van der Waals surface area contributed by atoms with Crippen molar-refractivity contribution in [3.63, 3.8) is 0 Å². The van der Waals surface area contributed by atoms with Gasteiger partial charge in [0.1, 0.15) is 0 Å². The summed E-state index contributed by atoms with van der Waals surface area (Å²) in [5, 5.41) is 4.98. The lowest BCUT2D eigenvalue weighted by atomic mass is 10.2. The second kappa shape index (κ2) is 10.7. The van der Waals surface area contributed by atoms with Gasteiger partial charge in [-0.3, -0.25) is 4.79 Å². The molecule has 1 aliphatic rings. The molecule has 0 spiro atoms. The highest BCUT2D eigenvalue weighted by Gasteiger charge is 2.28. The number of thioether (sulfide) groups is 1. The maximum absolute atomic E-state index is 13.2. The molecule has 4 rings (SSSR count). The fraction of sp³-hybridized carbons (Fsp3) is 0.292. The molecule has 1 fully saturated rings. The zero-order chi connectivity index (χ0) is 22.4. The number of benzene rings is 2. The van der Waals surface area contributed by atoms with Crippen molar-refractivity contribution in [2.75, 3.05) is 13.1 Å². The quantitative estimate of drug-likeness (QED) is 0.448. The van der Waals surface area contributed by atoms with E-state index in [9.17, 15) is 13.2 Å². The second-order valence-electron chi connectivity index (χ2n) is 7.62. The number of sulfonamides is 1. The molecule has 8 heteroatoms. The van der Waals surface area contributed by atoms with Gasteiger partial charge in [-0.15, -0.1) is 23.1 Å². The zero-order valence-corrected chi connectivity index (χ0v) is 20.1. The molecule has 1 amide bonds. The maximum atomic E-state index is 13.2. The Morgan fingerprint density at radius 2 is 1.72 bits per heavy atom. The third-order valence-electron chi connectivity index (χ3n) is 5.43. The number of amides is 1. The maximum Gasteiger partial charge on any atom is 0.252 e. The van der Waals surface area contributed by atoms with Gasteiger partial charge >= 0.3 is 0 Å². The fourth-order valence-corrected chi connectivity index (χ4v) is 7.30. The van der Waals surface area contributed by atoms with Gasteiger partial charge in [-0.1, -0.05) is 42.8 Å². The number of nitrogens with zero attached hydrogens (tertiary/aromatic N) is 1. The molecule has 0 bridgehead atoms. The average molecular weight is 487 g/mol. The minimum Gasteiger partial charge on any atom is -0.348 e. The second-order valence-corrected chi connectivity index (χ2v) is 11.6. The Labute approximate surface area is 197 Å². The third kappa shape index (κ3) is 5.43. The molecular weight excluding hydrogens is 460 g/mol. The van der Waals surface area contributed by atoms with Crippen LogP contribution in [0.25, 0.3) is 0 Å². The van der Waals surface area contributed by atoms with E-state index in [1.165, 1.54) is 4.88 Å². The highest BCUT2D eigenvalue weighted by atomic mass is 32.2. The van der Waals surface area contributed by atoms with E-state index in [1.807, 2.05) is 41.8 Å². The van der Waals surface area contributed by atoms with Gasteiger partial charge in [-0.2, -0.15) is 4.31 Å². The summed E-state index contributed by atoms with van der Waals surface area (Å²) in [6.45, 7) is 1.27. The molecule has 1 N–H and O–H groups in total. The molecule has 0 atom stereocenters. The lowest BCUT2D eigenvalue weighted by Gasteiger charge is -2.26. The van der Waals surface area contributed by atoms with Crippen LogP contribution in [0.2, 0.25) is 0 Å². The monoisotopic (exact) mass is 486 g/mol. The van der Waals surface area contributed by atoms with Crippen LogP contribution in [-0.4, -0.2) is 31.7 Å². The van der Waals surface area contributed by atoms with Gasteiger partial charge in [0.05, 0.1) is 10.5 Å². The van der Waals surface area contributed by atoms with Crippen LogP contribution < -0.4 is 5.32 Å². The largest absolute Gasteiger partial charge is 0.348 e. The van der Waals surface area contributed by atoms with E-state index in [4.69, 9.17) is 0 Å². The van der Waals surface area contributed by atoms with Crippen LogP contribution in [0.5, 0.6) is 0 Å². The van der Waals surface area contributed by atoms with Crippen molar-refractivity contribution < 1.29 is 13.2 Å². The molecule has 168 valence electrons. The molecule has 2 aromatic carbocycles. The Bertz CT molecular complexity index is 1150. The van der Waals surface area contributed by atoms with E-state index in [2.05, 4.69) is 11.4 Å². The number of piperidine rings is 1. The Hall–Kier alpha value is -2.13. The van der Waals surface area contributed by atoms with Crippen molar-refractivity contribution >= 4 is 39.0 Å². The summed E-state index contributed by atoms with van der Waals surface area (Å²) in [5.74, 6) is 0.600. The predicted octanol–water partition coefficient (Wildman–Crippen LogP) is 5.15. The predicted molar refractivity (Wildman–Crippen MR) is 131 cm³/mol. The summed E-state index contributed by atoms with van der Waals surface area (Å²) < 4.78 is 27.9. The van der Waals surface area contributed by atoms with E-state index in [1.54, 1.807) is 45.6 Å². The number of carbonyl (C=O) groups is 1. The topological polar surface area (TPSA) is 66.5 Å². The highest BCUT2D eigenvalue weighted by molar-refractivity contribution is 7.98. The molecule has 0 saturated carbocycles. The van der Waals surface area contributed by atoms with Crippen molar-refractivity contribution in [2.24, 2.45) is 0 Å². The van der Waals surface area contributed by atoms with Crippen LogP contribution in [0, 0.1) is 0 Å². The van der Waals surface area contributed by atoms with Gasteiger partial charge in [0, 0.05) is 35.2 Å². The molecular formula is C24H26N2O3S3. The van der Waals surface area contributed by atoms with Gasteiger partial charge in [-0.05, 0) is 48.1 Å². The first-order valence-electron chi connectivity index (χ1n) is 10.7. The smallest absolute Gasteiger partial charge is 0.252 e. The van der Waals surface area contributed by atoms with Crippen LogP contribution >= 0.6 is 23.1 Å². The van der Waals surface area contributed by atoms with Crippen molar-refractivity contribution in [1.82, 2.24) is 9.62 Å². The fourth-order valence-electron chi connectivity index (χ4n) is 3.74. The van der Waals surface area contributed by atoms with Gasteiger partial charge in [0.25, 0.3) is 5.91 Å². The summed E-state index contributed by atoms with van der Waals surface area (Å²) >= 11 is 3.33. The molecule has 1 aliphatic heterocycles.